The Hall–Kier alpha value is -4.52. The molecule has 18 nitrogen and oxygen atoms in total. The number of nitrogens with zero attached hydrogens (tertiary/aromatic N) is 2. The maximum absolute atomic E-state index is 17.6. The van der Waals surface area contributed by atoms with E-state index in [0.29, 0.717) is 5.57 Å². The SMILES string of the molecule is CCC(=O)O[C@]1(C(=O)COC(=O)CC(N)C(=O)OCC(CO[N+](=O)[O-])O[N+](=O)[O-])[C@@H](C)C[C@H]2[C@@H]3CC=C4CC(=O)C=C[C@]4(C)[C@@]3(F)[C@@H](O)C[C@@]21C. The molecule has 0 aromatic carbocycles. The van der Waals surface area contributed by atoms with Crippen molar-refractivity contribution in [2.75, 3.05) is 19.8 Å². The van der Waals surface area contributed by atoms with Crippen LogP contribution in [-0.4, -0.2) is 94.1 Å². The minimum atomic E-state index is -2.21. The van der Waals surface area contributed by atoms with Gasteiger partial charge in [-0.2, -0.15) is 0 Å². The first-order valence-corrected chi connectivity index (χ1v) is 16.5. The molecule has 2 fully saturated rings. The maximum atomic E-state index is 17.6. The van der Waals surface area contributed by atoms with Crippen LogP contribution in [0.2, 0.25) is 0 Å². The molecule has 3 N–H and O–H groups in total. The molecule has 4 aliphatic carbocycles. The van der Waals surface area contributed by atoms with Crippen LogP contribution in [0.1, 0.15) is 66.2 Å². The number of aliphatic hydroxyl groups excluding tert-OH is 1. The van der Waals surface area contributed by atoms with Crippen molar-refractivity contribution in [3.8, 4) is 0 Å². The van der Waals surface area contributed by atoms with E-state index in [1.165, 1.54) is 19.1 Å². The number of esters is 3. The largest absolute Gasteiger partial charge is 0.462 e. The zero-order chi connectivity index (χ0) is 38.1. The fourth-order valence-electron chi connectivity index (χ4n) is 8.79. The third-order valence-corrected chi connectivity index (χ3v) is 11.2. The molecule has 0 aromatic rings. The van der Waals surface area contributed by atoms with E-state index in [9.17, 15) is 49.3 Å². The highest BCUT2D eigenvalue weighted by Gasteiger charge is 2.77. The van der Waals surface area contributed by atoms with E-state index in [0.717, 1.165) is 0 Å². The Labute approximate surface area is 291 Å². The van der Waals surface area contributed by atoms with Crippen molar-refractivity contribution in [2.45, 2.75) is 95.7 Å². The van der Waals surface area contributed by atoms with Crippen LogP contribution in [0, 0.1) is 48.8 Å². The molecule has 282 valence electrons. The van der Waals surface area contributed by atoms with E-state index in [4.69, 9.17) is 19.9 Å². The monoisotopic (exact) mass is 727 g/mol. The molecule has 0 aliphatic heterocycles. The molecular weight excluding hydrogens is 685 g/mol. The number of ketones is 2. The van der Waals surface area contributed by atoms with E-state index in [-0.39, 0.29) is 37.9 Å². The summed E-state index contributed by atoms with van der Waals surface area (Å²) in [6.45, 7) is 3.72. The summed E-state index contributed by atoms with van der Waals surface area (Å²) in [6.07, 6.45) is 0.496. The predicted octanol–water partition coefficient (Wildman–Crippen LogP) is 1.45. The van der Waals surface area contributed by atoms with E-state index in [1.807, 2.05) is 6.08 Å². The second-order valence-electron chi connectivity index (χ2n) is 14.0. The minimum Gasteiger partial charge on any atom is -0.462 e. The number of hydrogen-bond acceptors (Lipinski definition) is 16. The summed E-state index contributed by atoms with van der Waals surface area (Å²) in [4.78, 5) is 93.5. The Morgan fingerprint density at radius 2 is 1.78 bits per heavy atom. The van der Waals surface area contributed by atoms with Crippen LogP contribution >= 0.6 is 0 Å². The lowest BCUT2D eigenvalue weighted by atomic mass is 9.45. The van der Waals surface area contributed by atoms with Crippen molar-refractivity contribution < 1.29 is 67.5 Å². The van der Waals surface area contributed by atoms with Crippen LogP contribution in [-0.2, 0) is 47.9 Å². The van der Waals surface area contributed by atoms with Gasteiger partial charge in [-0.3, -0.25) is 24.0 Å². The van der Waals surface area contributed by atoms with Gasteiger partial charge in [0.1, 0.15) is 19.3 Å². The van der Waals surface area contributed by atoms with E-state index < -0.39 is 118 Å². The summed E-state index contributed by atoms with van der Waals surface area (Å²) in [5.41, 5.74) is -0.480. The van der Waals surface area contributed by atoms with Gasteiger partial charge in [-0.15, -0.1) is 20.2 Å². The number of nitrogens with two attached hydrogens (primary N) is 1. The fraction of sp³-hybridized carbons (Fsp3) is 0.719. The fourth-order valence-corrected chi connectivity index (χ4v) is 8.79. The second-order valence-corrected chi connectivity index (χ2v) is 14.0. The van der Waals surface area contributed by atoms with Crippen LogP contribution in [0.25, 0.3) is 0 Å². The van der Waals surface area contributed by atoms with E-state index >= 15 is 4.39 Å². The van der Waals surface area contributed by atoms with Crippen LogP contribution in [0.5, 0.6) is 0 Å². The summed E-state index contributed by atoms with van der Waals surface area (Å²) in [5.74, 6) is -6.27. The first kappa shape index (κ1) is 39.3. The first-order valence-electron chi connectivity index (χ1n) is 16.5. The number of carbonyl (C=O) groups excluding carboxylic acids is 5. The highest BCUT2D eigenvalue weighted by atomic mass is 19.1. The van der Waals surface area contributed by atoms with Crippen molar-refractivity contribution in [3.63, 3.8) is 0 Å². The Bertz CT molecular complexity index is 1540. The smallest absolute Gasteiger partial charge is 0.323 e. The van der Waals surface area contributed by atoms with Gasteiger partial charge in [0, 0.05) is 35.5 Å². The molecule has 2 unspecified atom stereocenters. The lowest BCUT2D eigenvalue weighted by Crippen LogP contribution is -2.69. The quantitative estimate of drug-likeness (QED) is 0.0795. The first-order chi connectivity index (χ1) is 23.8. The van der Waals surface area contributed by atoms with Gasteiger partial charge in [0.05, 0.1) is 12.5 Å². The molecule has 4 aliphatic rings. The molecule has 0 heterocycles. The van der Waals surface area contributed by atoms with Crippen LogP contribution in [0.3, 0.4) is 0 Å². The van der Waals surface area contributed by atoms with Crippen molar-refractivity contribution in [1.29, 1.82) is 0 Å². The van der Waals surface area contributed by atoms with E-state index in [1.54, 1.807) is 20.8 Å². The lowest BCUT2D eigenvalue weighted by molar-refractivity contribution is -0.790. The number of Topliss-reactive ketones (excluding diaryl/α,β-unsaturated/α-hetero) is 1. The summed E-state index contributed by atoms with van der Waals surface area (Å²) < 4.78 is 33.5. The van der Waals surface area contributed by atoms with Crippen LogP contribution in [0.15, 0.2) is 23.8 Å². The van der Waals surface area contributed by atoms with E-state index in [2.05, 4.69) is 9.68 Å². The Morgan fingerprint density at radius 1 is 1.10 bits per heavy atom. The summed E-state index contributed by atoms with van der Waals surface area (Å²) >= 11 is 0. The Balaban J connectivity index is 1.50. The van der Waals surface area contributed by atoms with Gasteiger partial charge in [0.25, 0.3) is 10.2 Å². The number of rotatable bonds is 15. The lowest BCUT2D eigenvalue weighted by Gasteiger charge is -2.62. The van der Waals surface area contributed by atoms with Crippen LogP contribution in [0.4, 0.5) is 4.39 Å². The van der Waals surface area contributed by atoms with Gasteiger partial charge in [0.2, 0.25) is 5.78 Å². The van der Waals surface area contributed by atoms with Gasteiger partial charge in [-0.25, -0.2) is 4.39 Å². The molecule has 0 bridgehead atoms. The van der Waals surface area contributed by atoms with Gasteiger partial charge in [-0.1, -0.05) is 38.5 Å². The highest BCUT2D eigenvalue weighted by molar-refractivity contribution is 5.95. The molecule has 2 saturated carbocycles. The number of halogens is 1. The van der Waals surface area contributed by atoms with Crippen molar-refractivity contribution in [3.05, 3.63) is 44.0 Å². The van der Waals surface area contributed by atoms with Crippen molar-refractivity contribution in [2.24, 2.45) is 34.3 Å². The average molecular weight is 728 g/mol. The number of fused-ring (bicyclic) bond motifs is 5. The summed E-state index contributed by atoms with van der Waals surface area (Å²) in [6, 6.07) is -1.69. The molecule has 10 atom stereocenters. The summed E-state index contributed by atoms with van der Waals surface area (Å²) in [7, 11) is 0. The molecule has 4 rings (SSSR count). The third kappa shape index (κ3) is 6.92. The number of carbonyl (C=O) groups is 5. The number of alkyl halides is 1. The Morgan fingerprint density at radius 3 is 2.41 bits per heavy atom. The molecule has 0 amide bonds. The predicted molar refractivity (Wildman–Crippen MR) is 166 cm³/mol. The third-order valence-electron chi connectivity index (χ3n) is 11.2. The Kier molecular flexibility index (Phi) is 11.2. The van der Waals surface area contributed by atoms with Gasteiger partial charge >= 0.3 is 17.9 Å². The molecule has 19 heteroatoms. The highest BCUT2D eigenvalue weighted by Crippen LogP contribution is 2.71. The second kappa shape index (κ2) is 14.6. The molecule has 0 spiro atoms. The average Bonchev–Trinajstić information content (AvgIpc) is 3.27. The topological polar surface area (TPSA) is 264 Å². The summed E-state index contributed by atoms with van der Waals surface area (Å²) in [5, 5.41) is 30.2. The molecule has 51 heavy (non-hydrogen) atoms. The number of allylic oxidation sites excluding steroid dienone is 4. The van der Waals surface area contributed by atoms with Crippen LogP contribution < -0.4 is 5.73 Å². The molecule has 0 radical (unpaired) electrons. The number of ether oxygens (including phenoxy) is 3. The van der Waals surface area contributed by atoms with Gasteiger partial charge in [0.15, 0.2) is 29.8 Å². The van der Waals surface area contributed by atoms with Gasteiger partial charge in [-0.05, 0) is 38.2 Å². The standard InChI is InChI=1S/C32H42FN3O15/c1-5-26(40)50-32(25(39)16-47-27(41)12-23(34)28(42)48-14-20(51-36(45)46)15-49-35(43)44)17(2)10-22-21-7-6-18-11-19(37)8-9-29(18,3)31(21,33)24(38)13-30(22,32)4/h6,8-9,17,20-24,38H,5,7,10-16,34H2,1-4H3/t17-,20?,21-,22-,23?,24-,29-,30-,31-,32-/m0/s1. The molecular formula is C32H42FN3O15. The van der Waals surface area contributed by atoms with Crippen molar-refractivity contribution >= 4 is 29.5 Å². The number of aliphatic hydroxyl groups is 1. The number of hydrogen-bond donors (Lipinski definition) is 2. The van der Waals surface area contributed by atoms with Gasteiger partial charge < -0.3 is 34.7 Å². The minimum absolute atomic E-state index is 0.0230. The molecule has 0 saturated heterocycles. The molecule has 0 aromatic heterocycles. The normalized spacial score (nSPS) is 34.7. The van der Waals surface area contributed by atoms with Crippen molar-refractivity contribution in [1.82, 2.24) is 0 Å². The zero-order valence-electron chi connectivity index (χ0n) is 28.6. The zero-order valence-corrected chi connectivity index (χ0v) is 28.6. The maximum Gasteiger partial charge on any atom is 0.323 e.